The Hall–Kier alpha value is -4.01. The highest BCUT2D eigenvalue weighted by atomic mass is 35.5. The van der Waals surface area contributed by atoms with Crippen molar-refractivity contribution in [2.24, 2.45) is 7.05 Å². The van der Waals surface area contributed by atoms with E-state index in [1.54, 1.807) is 0 Å². The van der Waals surface area contributed by atoms with Crippen molar-refractivity contribution < 1.29 is 26.0 Å². The van der Waals surface area contributed by atoms with Crippen LogP contribution in [0.3, 0.4) is 0 Å². The van der Waals surface area contributed by atoms with E-state index in [4.69, 9.17) is 11.6 Å². The van der Waals surface area contributed by atoms with Gasteiger partial charge in [0.05, 0.1) is 39.4 Å². The average molecular weight is 607 g/mol. The molecule has 0 aliphatic carbocycles. The number of nitrogens with one attached hydrogen (secondary N) is 2. The number of fused-ring (bicyclic) bond motifs is 6. The summed E-state index contributed by atoms with van der Waals surface area (Å²) in [4.78, 5) is 18.5. The van der Waals surface area contributed by atoms with Gasteiger partial charge in [-0.05, 0) is 35.7 Å². The monoisotopic (exact) mass is 606 g/mol. The van der Waals surface area contributed by atoms with E-state index >= 15 is 4.39 Å². The zero-order chi connectivity index (χ0) is 29.4. The van der Waals surface area contributed by atoms with Gasteiger partial charge < -0.3 is 5.32 Å². The Morgan fingerprint density at radius 3 is 2.41 bits per heavy atom. The normalized spacial score (nSPS) is 15.1. The van der Waals surface area contributed by atoms with Crippen molar-refractivity contribution in [3.05, 3.63) is 92.0 Å². The van der Waals surface area contributed by atoms with Crippen LogP contribution in [0, 0.1) is 23.3 Å². The zero-order valence-corrected chi connectivity index (χ0v) is 22.8. The van der Waals surface area contributed by atoms with Crippen LogP contribution in [0.25, 0.3) is 27.5 Å². The molecule has 41 heavy (non-hydrogen) atoms. The van der Waals surface area contributed by atoms with Crippen LogP contribution in [0.1, 0.15) is 23.0 Å². The summed E-state index contributed by atoms with van der Waals surface area (Å²) >= 11 is 6.60. The van der Waals surface area contributed by atoms with E-state index in [1.807, 2.05) is 0 Å². The molecule has 1 aliphatic heterocycles. The third kappa shape index (κ3) is 4.71. The number of aromatic nitrogens is 4. The summed E-state index contributed by atoms with van der Waals surface area (Å²) in [6, 6.07) is 5.10. The summed E-state index contributed by atoms with van der Waals surface area (Å²) in [6.45, 7) is 0.0590. The summed E-state index contributed by atoms with van der Waals surface area (Å²) in [5, 5.41) is 7.25. The van der Waals surface area contributed by atoms with E-state index in [2.05, 4.69) is 20.1 Å². The fourth-order valence-corrected chi connectivity index (χ4v) is 6.05. The lowest BCUT2D eigenvalue weighted by Gasteiger charge is -2.20. The third-order valence-corrected chi connectivity index (χ3v) is 7.61. The minimum Gasteiger partial charge on any atom is -0.303 e. The molecule has 1 atom stereocenters. The van der Waals surface area contributed by atoms with Gasteiger partial charge in [0.1, 0.15) is 34.5 Å². The minimum atomic E-state index is -3.78. The largest absolute Gasteiger partial charge is 0.303 e. The second-order valence-electron chi connectivity index (χ2n) is 9.74. The van der Waals surface area contributed by atoms with Crippen molar-refractivity contribution in [2.75, 3.05) is 11.0 Å². The smallest absolute Gasteiger partial charge is 0.269 e. The Kier molecular flexibility index (Phi) is 6.32. The second kappa shape index (κ2) is 9.53. The molecule has 0 unspecified atom stereocenters. The topological polar surface area (TPSA) is 111 Å². The van der Waals surface area contributed by atoms with E-state index in [9.17, 15) is 26.4 Å². The van der Waals surface area contributed by atoms with E-state index in [0.717, 1.165) is 35.1 Å². The standard InChI is InChI=1S/C26H19ClF4N6O3S/c1-36-23-20(24(34-36)35-41(2,39)40)16(27)6-12-10-32-19(5-11-3-13(28)7-14(29)4-11)25-33-18-9-15(30)8-17(31)21(18)26(38)37(25)22(12)23/h3-4,6-9,19,32H,5,10H2,1-2H3,(H,34,35)/t19-/m0/s1. The lowest BCUT2D eigenvalue weighted by molar-refractivity contribution is 0.501. The SMILES string of the molecule is Cn1nc(NS(C)(=O)=O)c2c(Cl)cc3c(c21)-n1c(nc2cc(F)cc(F)c2c1=O)[C@H](Cc1cc(F)cc(F)c1)NC3. The van der Waals surface area contributed by atoms with E-state index in [1.165, 1.54) is 17.8 Å². The number of anilines is 1. The first kappa shape index (κ1) is 27.2. The molecule has 0 fully saturated rings. The molecule has 0 spiro atoms. The molecule has 0 radical (unpaired) electrons. The number of nitrogens with zero attached hydrogens (tertiary/aromatic N) is 4. The number of rotatable bonds is 4. The van der Waals surface area contributed by atoms with Crippen LogP contribution < -0.4 is 15.6 Å². The molecule has 0 amide bonds. The molecule has 3 heterocycles. The summed E-state index contributed by atoms with van der Waals surface area (Å²) in [7, 11) is -2.28. The highest BCUT2D eigenvalue weighted by Crippen LogP contribution is 2.39. The van der Waals surface area contributed by atoms with Gasteiger partial charge in [-0.2, -0.15) is 5.10 Å². The van der Waals surface area contributed by atoms with Crippen LogP contribution in [0.15, 0.2) is 41.2 Å². The first-order valence-electron chi connectivity index (χ1n) is 12.1. The lowest BCUT2D eigenvalue weighted by atomic mass is 10.0. The van der Waals surface area contributed by atoms with Gasteiger partial charge in [-0.15, -0.1) is 0 Å². The van der Waals surface area contributed by atoms with Crippen molar-refractivity contribution >= 4 is 49.2 Å². The molecule has 2 N–H and O–H groups in total. The molecule has 3 aromatic carbocycles. The summed E-state index contributed by atoms with van der Waals surface area (Å²) < 4.78 is 86.1. The lowest BCUT2D eigenvalue weighted by Crippen LogP contribution is -2.30. The van der Waals surface area contributed by atoms with Crippen molar-refractivity contribution in [1.82, 2.24) is 24.6 Å². The van der Waals surface area contributed by atoms with Crippen LogP contribution in [0.4, 0.5) is 23.4 Å². The molecule has 0 saturated heterocycles. The highest BCUT2D eigenvalue weighted by molar-refractivity contribution is 7.92. The highest BCUT2D eigenvalue weighted by Gasteiger charge is 2.31. The molecule has 15 heteroatoms. The Bertz CT molecular complexity index is 2080. The maximum atomic E-state index is 15.0. The van der Waals surface area contributed by atoms with E-state index in [0.29, 0.717) is 11.6 Å². The predicted molar refractivity (Wildman–Crippen MR) is 145 cm³/mol. The van der Waals surface area contributed by atoms with Crippen molar-refractivity contribution in [1.29, 1.82) is 0 Å². The molecule has 212 valence electrons. The Balaban J connectivity index is 1.71. The number of hydrogen-bond acceptors (Lipinski definition) is 6. The predicted octanol–water partition coefficient (Wildman–Crippen LogP) is 4.24. The summed E-state index contributed by atoms with van der Waals surface area (Å²) in [5.41, 5.74) is -0.0548. The van der Waals surface area contributed by atoms with Crippen LogP contribution in [-0.2, 0) is 30.0 Å². The Labute approximate surface area is 234 Å². The van der Waals surface area contributed by atoms with Crippen LogP contribution in [0.5, 0.6) is 0 Å². The van der Waals surface area contributed by atoms with Crippen LogP contribution in [-0.4, -0.2) is 34.0 Å². The maximum Gasteiger partial charge on any atom is 0.269 e. The Morgan fingerprint density at radius 2 is 1.73 bits per heavy atom. The molecule has 6 rings (SSSR count). The molecule has 9 nitrogen and oxygen atoms in total. The van der Waals surface area contributed by atoms with Crippen LogP contribution in [0.2, 0.25) is 5.02 Å². The van der Waals surface area contributed by atoms with Gasteiger partial charge in [0.25, 0.3) is 5.56 Å². The molecule has 0 saturated carbocycles. The number of aryl methyl sites for hydroxylation is 1. The third-order valence-electron chi connectivity index (χ3n) is 6.75. The van der Waals surface area contributed by atoms with Crippen molar-refractivity contribution in [2.45, 2.75) is 19.0 Å². The van der Waals surface area contributed by atoms with Gasteiger partial charge in [0.2, 0.25) is 10.0 Å². The number of halogens is 5. The fraction of sp³-hybridized carbons (Fsp3) is 0.192. The molecule has 2 aromatic heterocycles. The van der Waals surface area contributed by atoms with Gasteiger partial charge in [-0.3, -0.25) is 18.8 Å². The van der Waals surface area contributed by atoms with Gasteiger partial charge in [0.15, 0.2) is 5.82 Å². The summed E-state index contributed by atoms with van der Waals surface area (Å²) in [5.74, 6) is -3.80. The number of sulfonamides is 1. The second-order valence-corrected chi connectivity index (χ2v) is 11.9. The quantitative estimate of drug-likeness (QED) is 0.296. The molecular formula is C26H19ClF4N6O3S. The fourth-order valence-electron chi connectivity index (χ4n) is 5.25. The summed E-state index contributed by atoms with van der Waals surface area (Å²) in [6.07, 6.45) is 0.883. The molecule has 0 bridgehead atoms. The van der Waals surface area contributed by atoms with Gasteiger partial charge in [0, 0.05) is 31.8 Å². The Morgan fingerprint density at radius 1 is 1.05 bits per heavy atom. The molecule has 1 aliphatic rings. The van der Waals surface area contributed by atoms with Crippen molar-refractivity contribution in [3.63, 3.8) is 0 Å². The maximum absolute atomic E-state index is 15.0. The molecule has 5 aromatic rings. The zero-order valence-electron chi connectivity index (χ0n) is 21.3. The van der Waals surface area contributed by atoms with E-state index < -0.39 is 50.3 Å². The van der Waals surface area contributed by atoms with Gasteiger partial charge >= 0.3 is 0 Å². The van der Waals surface area contributed by atoms with Gasteiger partial charge in [-0.1, -0.05) is 11.6 Å². The number of hydrogen-bond donors (Lipinski definition) is 2. The van der Waals surface area contributed by atoms with Crippen molar-refractivity contribution in [3.8, 4) is 5.69 Å². The van der Waals surface area contributed by atoms with Crippen LogP contribution >= 0.6 is 11.6 Å². The minimum absolute atomic E-state index is 0.00151. The average Bonchev–Trinajstić information content (AvgIpc) is 3.07. The van der Waals surface area contributed by atoms with Gasteiger partial charge in [-0.25, -0.2) is 31.0 Å². The number of benzene rings is 3. The first-order chi connectivity index (χ1) is 19.3. The van der Waals surface area contributed by atoms with E-state index in [-0.39, 0.29) is 57.3 Å². The molecular weight excluding hydrogens is 588 g/mol. The first-order valence-corrected chi connectivity index (χ1v) is 14.3.